The van der Waals surface area contributed by atoms with Crippen LogP contribution in [0.3, 0.4) is 0 Å². The van der Waals surface area contributed by atoms with Crippen LogP contribution in [0.1, 0.15) is 0 Å². The maximum atomic E-state index is 13.0. The molecule has 9 heteroatoms. The molecule has 0 saturated carbocycles. The average molecular weight is 473 g/mol. The molecular weight excluding hydrogens is 448 g/mol. The minimum Gasteiger partial charge on any atom is -0.497 e. The second-order valence-electron chi connectivity index (χ2n) is 8.07. The lowest BCUT2D eigenvalue weighted by molar-refractivity contribution is -0.133. The summed E-state index contributed by atoms with van der Waals surface area (Å²) in [7, 11) is 1.59. The molecule has 2 aromatic heterocycles. The fourth-order valence-corrected chi connectivity index (χ4v) is 4.01. The topological polar surface area (TPSA) is 98.0 Å². The molecule has 0 atom stereocenters. The van der Waals surface area contributed by atoms with Gasteiger partial charge in [0.1, 0.15) is 23.3 Å². The van der Waals surface area contributed by atoms with Crippen molar-refractivity contribution in [3.8, 4) is 22.6 Å². The second-order valence-corrected chi connectivity index (χ2v) is 8.07. The summed E-state index contributed by atoms with van der Waals surface area (Å²) >= 11 is 0. The quantitative estimate of drug-likeness (QED) is 0.423. The summed E-state index contributed by atoms with van der Waals surface area (Å²) in [5, 5.41) is 0.441. The van der Waals surface area contributed by atoms with Crippen LogP contribution < -0.4 is 19.8 Å². The van der Waals surface area contributed by atoms with Crippen LogP contribution in [0.5, 0.6) is 11.5 Å². The number of amides is 1. The minimum atomic E-state index is -0.140. The number of carbonyl (C=O) groups is 1. The third-order valence-electron chi connectivity index (χ3n) is 5.98. The maximum Gasteiger partial charge on any atom is 0.260 e. The highest BCUT2D eigenvalue weighted by atomic mass is 16.5. The smallest absolute Gasteiger partial charge is 0.260 e. The zero-order valence-electron chi connectivity index (χ0n) is 19.2. The molecule has 0 unspecified atom stereocenters. The van der Waals surface area contributed by atoms with E-state index in [0.29, 0.717) is 60.2 Å². The Morgan fingerprint density at radius 3 is 2.43 bits per heavy atom. The fourth-order valence-electron chi connectivity index (χ4n) is 4.01. The van der Waals surface area contributed by atoms with E-state index in [2.05, 4.69) is 14.9 Å². The summed E-state index contributed by atoms with van der Waals surface area (Å²) in [5.74, 6) is 1.74. The molecule has 0 aliphatic carbocycles. The zero-order chi connectivity index (χ0) is 24.2. The van der Waals surface area contributed by atoms with Crippen molar-refractivity contribution in [2.75, 3.05) is 44.8 Å². The molecule has 1 aliphatic heterocycles. The minimum absolute atomic E-state index is 0.0957. The molecule has 3 heterocycles. The summed E-state index contributed by atoms with van der Waals surface area (Å²) < 4.78 is 16.6. The van der Waals surface area contributed by atoms with Gasteiger partial charge in [-0.2, -0.15) is 0 Å². The average Bonchev–Trinajstić information content (AvgIpc) is 2.92. The summed E-state index contributed by atoms with van der Waals surface area (Å²) in [6.45, 7) is 2.37. The van der Waals surface area contributed by atoms with E-state index in [1.165, 1.54) is 6.26 Å². The molecule has 9 nitrogen and oxygen atoms in total. The first kappa shape index (κ1) is 22.4. The SMILES string of the molecule is COc1ccc(-c2coc3cc(OCC(=O)N4CCN(c5ncccn5)CC4)ccc3c2=O)cc1. The number of nitrogens with zero attached hydrogens (tertiary/aromatic N) is 4. The largest absolute Gasteiger partial charge is 0.497 e. The molecule has 1 saturated heterocycles. The number of aromatic nitrogens is 2. The second kappa shape index (κ2) is 9.84. The molecular formula is C26H24N4O5. The molecule has 0 spiro atoms. The fraction of sp³-hybridized carbons (Fsp3) is 0.231. The van der Waals surface area contributed by atoms with Crippen LogP contribution >= 0.6 is 0 Å². The standard InChI is InChI=1S/C26H24N4O5/c1-33-19-5-3-18(4-6-19)22-16-35-23-15-20(7-8-21(23)25(22)32)34-17-24(31)29-11-13-30(14-12-29)26-27-9-2-10-28-26/h2-10,15-16H,11-14,17H2,1H3. The van der Waals surface area contributed by atoms with Crippen molar-refractivity contribution >= 4 is 22.8 Å². The number of piperazine rings is 1. The van der Waals surface area contributed by atoms with E-state index >= 15 is 0 Å². The molecule has 0 N–H and O–H groups in total. The summed E-state index contributed by atoms with van der Waals surface area (Å²) in [6, 6.07) is 14.0. The first-order valence-corrected chi connectivity index (χ1v) is 11.2. The molecule has 4 aromatic rings. The van der Waals surface area contributed by atoms with Gasteiger partial charge in [0.15, 0.2) is 12.0 Å². The zero-order valence-corrected chi connectivity index (χ0v) is 19.2. The number of ether oxygens (including phenoxy) is 2. The van der Waals surface area contributed by atoms with Crippen molar-refractivity contribution in [2.45, 2.75) is 0 Å². The van der Waals surface area contributed by atoms with E-state index in [9.17, 15) is 9.59 Å². The Morgan fingerprint density at radius 2 is 1.71 bits per heavy atom. The molecule has 1 aliphatic rings. The molecule has 1 fully saturated rings. The number of anilines is 1. The maximum absolute atomic E-state index is 13.0. The van der Waals surface area contributed by atoms with Gasteiger partial charge in [0.2, 0.25) is 5.95 Å². The van der Waals surface area contributed by atoms with Gasteiger partial charge in [0.05, 0.1) is 18.1 Å². The summed E-state index contributed by atoms with van der Waals surface area (Å²) in [6.07, 6.45) is 4.86. The van der Waals surface area contributed by atoms with Crippen molar-refractivity contribution in [1.82, 2.24) is 14.9 Å². The van der Waals surface area contributed by atoms with Gasteiger partial charge in [-0.3, -0.25) is 9.59 Å². The van der Waals surface area contributed by atoms with Gasteiger partial charge in [-0.15, -0.1) is 0 Å². The van der Waals surface area contributed by atoms with Gasteiger partial charge in [-0.05, 0) is 35.9 Å². The van der Waals surface area contributed by atoms with Crippen LogP contribution in [0.4, 0.5) is 5.95 Å². The van der Waals surface area contributed by atoms with Crippen LogP contribution in [-0.4, -0.2) is 60.7 Å². The summed E-state index contributed by atoms with van der Waals surface area (Å²) in [4.78, 5) is 38.0. The van der Waals surface area contributed by atoms with Crippen molar-refractivity contribution < 1.29 is 18.7 Å². The van der Waals surface area contributed by atoms with Gasteiger partial charge in [0.25, 0.3) is 5.91 Å². The molecule has 35 heavy (non-hydrogen) atoms. The van der Waals surface area contributed by atoms with Crippen LogP contribution in [0.15, 0.2) is 76.4 Å². The number of hydrogen-bond acceptors (Lipinski definition) is 8. The normalized spacial score (nSPS) is 13.6. The van der Waals surface area contributed by atoms with Gasteiger partial charge in [-0.1, -0.05) is 12.1 Å². The summed E-state index contributed by atoms with van der Waals surface area (Å²) in [5.41, 5.74) is 1.46. The van der Waals surface area contributed by atoms with Crippen LogP contribution in [0.2, 0.25) is 0 Å². The van der Waals surface area contributed by atoms with E-state index in [0.717, 1.165) is 5.56 Å². The number of hydrogen-bond donors (Lipinski definition) is 0. The van der Waals surface area contributed by atoms with Gasteiger partial charge in [0, 0.05) is 44.6 Å². The molecule has 178 valence electrons. The predicted octanol–water partition coefficient (Wildman–Crippen LogP) is 2.99. The lowest BCUT2D eigenvalue weighted by Gasteiger charge is -2.34. The van der Waals surface area contributed by atoms with Crippen molar-refractivity contribution in [3.63, 3.8) is 0 Å². The van der Waals surface area contributed by atoms with Gasteiger partial charge in [-0.25, -0.2) is 9.97 Å². The highest BCUT2D eigenvalue weighted by molar-refractivity contribution is 5.83. The molecule has 0 bridgehead atoms. The molecule has 1 amide bonds. The lowest BCUT2D eigenvalue weighted by Crippen LogP contribution is -2.50. The monoisotopic (exact) mass is 472 g/mol. The third kappa shape index (κ3) is 4.79. The number of methoxy groups -OCH3 is 1. The van der Waals surface area contributed by atoms with E-state index in [1.807, 2.05) is 12.1 Å². The first-order chi connectivity index (χ1) is 17.1. The van der Waals surface area contributed by atoms with E-state index < -0.39 is 0 Å². The Kier molecular flexibility index (Phi) is 6.30. The predicted molar refractivity (Wildman–Crippen MR) is 131 cm³/mol. The third-order valence-corrected chi connectivity index (χ3v) is 5.98. The Hall–Kier alpha value is -4.40. The van der Waals surface area contributed by atoms with E-state index in [-0.39, 0.29) is 17.9 Å². The highest BCUT2D eigenvalue weighted by Crippen LogP contribution is 2.24. The van der Waals surface area contributed by atoms with Crippen molar-refractivity contribution in [2.24, 2.45) is 0 Å². The van der Waals surface area contributed by atoms with Crippen LogP contribution in [-0.2, 0) is 4.79 Å². The number of fused-ring (bicyclic) bond motifs is 1. The Labute approximate surface area is 201 Å². The van der Waals surface area contributed by atoms with Gasteiger partial charge >= 0.3 is 0 Å². The van der Waals surface area contributed by atoms with Crippen LogP contribution in [0.25, 0.3) is 22.1 Å². The van der Waals surface area contributed by atoms with Crippen LogP contribution in [0, 0.1) is 0 Å². The van der Waals surface area contributed by atoms with E-state index in [4.69, 9.17) is 13.9 Å². The lowest BCUT2D eigenvalue weighted by atomic mass is 10.1. The first-order valence-electron chi connectivity index (χ1n) is 11.2. The number of benzene rings is 2. The highest BCUT2D eigenvalue weighted by Gasteiger charge is 2.22. The number of carbonyl (C=O) groups excluding carboxylic acids is 1. The Bertz CT molecular complexity index is 1380. The van der Waals surface area contributed by atoms with Crippen molar-refractivity contribution in [1.29, 1.82) is 0 Å². The molecule has 0 radical (unpaired) electrons. The van der Waals surface area contributed by atoms with E-state index in [1.54, 1.807) is 60.8 Å². The molecule has 2 aromatic carbocycles. The number of rotatable bonds is 6. The Morgan fingerprint density at radius 1 is 1.00 bits per heavy atom. The van der Waals surface area contributed by atoms with Crippen molar-refractivity contribution in [3.05, 3.63) is 77.4 Å². The Balaban J connectivity index is 1.22. The molecule has 5 rings (SSSR count). The van der Waals surface area contributed by atoms with Gasteiger partial charge < -0.3 is 23.7 Å².